The van der Waals surface area contributed by atoms with Gasteiger partial charge in [-0.25, -0.2) is 0 Å². The van der Waals surface area contributed by atoms with Crippen molar-refractivity contribution in [2.24, 2.45) is 0 Å². The van der Waals surface area contributed by atoms with Gasteiger partial charge in [-0.15, -0.1) is 5.10 Å². The van der Waals surface area contributed by atoms with Gasteiger partial charge in [-0.05, 0) is 52.2 Å². The van der Waals surface area contributed by atoms with Crippen molar-refractivity contribution in [3.63, 3.8) is 0 Å². The summed E-state index contributed by atoms with van der Waals surface area (Å²) in [6.07, 6.45) is 0. The number of aliphatic hydroxyl groups is 1. The highest BCUT2D eigenvalue weighted by molar-refractivity contribution is 9.10. The minimum absolute atomic E-state index is 0.0483. The van der Waals surface area contributed by atoms with Crippen LogP contribution in [0.15, 0.2) is 46.9 Å². The maximum atomic E-state index is 11.3. The van der Waals surface area contributed by atoms with Gasteiger partial charge in [0.1, 0.15) is 0 Å². The van der Waals surface area contributed by atoms with E-state index in [4.69, 9.17) is 0 Å². The van der Waals surface area contributed by atoms with E-state index in [0.29, 0.717) is 5.82 Å². The zero-order valence-corrected chi connectivity index (χ0v) is 13.9. The normalized spacial score (nSPS) is 27.1. The maximum Gasteiger partial charge on any atom is 0.163 e. The predicted molar refractivity (Wildman–Crippen MR) is 87.5 cm³/mol. The summed E-state index contributed by atoms with van der Waals surface area (Å²) < 4.78 is 2.76. The number of hydrogen-bond donors (Lipinski definition) is 1. The van der Waals surface area contributed by atoms with E-state index in [1.165, 1.54) is 0 Å². The Hall–Kier alpha value is -2.05. The molecule has 114 valence electrons. The molecule has 0 saturated carbocycles. The van der Waals surface area contributed by atoms with E-state index < -0.39 is 5.60 Å². The molecule has 1 aromatic heterocycles. The summed E-state index contributed by atoms with van der Waals surface area (Å²) >= 11 is 3.56. The summed E-state index contributed by atoms with van der Waals surface area (Å²) in [5.41, 5.74) is 3.21. The number of nitrogens with zero attached hydrogens (tertiary/aromatic N) is 4. The van der Waals surface area contributed by atoms with Crippen molar-refractivity contribution in [2.75, 3.05) is 0 Å². The minimum atomic E-state index is -1.01. The van der Waals surface area contributed by atoms with Crippen LogP contribution in [0.3, 0.4) is 0 Å². The summed E-state index contributed by atoms with van der Waals surface area (Å²) in [5, 5.41) is 23.5. The fourth-order valence-electron chi connectivity index (χ4n) is 4.18. The van der Waals surface area contributed by atoms with E-state index in [1.54, 1.807) is 4.68 Å². The van der Waals surface area contributed by atoms with Gasteiger partial charge in [0.2, 0.25) is 0 Å². The molecule has 0 saturated heterocycles. The average molecular weight is 369 g/mol. The third-order valence-corrected chi connectivity index (χ3v) is 5.60. The molecule has 5 nitrogen and oxygen atoms in total. The van der Waals surface area contributed by atoms with E-state index in [1.807, 2.05) is 37.3 Å². The van der Waals surface area contributed by atoms with Crippen LogP contribution in [0.5, 0.6) is 0 Å². The molecular weight excluding hydrogens is 356 g/mol. The van der Waals surface area contributed by atoms with Crippen molar-refractivity contribution in [1.29, 1.82) is 0 Å². The first-order chi connectivity index (χ1) is 11.1. The van der Waals surface area contributed by atoms with Gasteiger partial charge in [0, 0.05) is 10.4 Å². The minimum Gasteiger partial charge on any atom is -0.385 e. The number of hydrogen-bond acceptors (Lipinski definition) is 4. The van der Waals surface area contributed by atoms with Crippen LogP contribution >= 0.6 is 15.9 Å². The van der Waals surface area contributed by atoms with E-state index >= 15 is 0 Å². The Morgan fingerprint density at radius 3 is 2.87 bits per heavy atom. The highest BCUT2D eigenvalue weighted by atomic mass is 79.9. The first kappa shape index (κ1) is 13.4. The van der Waals surface area contributed by atoms with Crippen molar-refractivity contribution in [3.8, 4) is 5.69 Å². The second-order valence-electron chi connectivity index (χ2n) is 6.34. The monoisotopic (exact) mass is 368 g/mol. The Kier molecular flexibility index (Phi) is 2.49. The van der Waals surface area contributed by atoms with Gasteiger partial charge in [0.15, 0.2) is 5.82 Å². The number of rotatable bonds is 0. The molecule has 3 unspecified atom stereocenters. The van der Waals surface area contributed by atoms with Crippen molar-refractivity contribution in [3.05, 3.63) is 69.5 Å². The molecule has 2 aromatic carbocycles. The van der Waals surface area contributed by atoms with Crippen molar-refractivity contribution >= 4 is 15.9 Å². The van der Waals surface area contributed by atoms with Gasteiger partial charge in [-0.3, -0.25) is 0 Å². The molecule has 0 amide bonds. The number of tetrazole rings is 1. The van der Waals surface area contributed by atoms with Crippen molar-refractivity contribution < 1.29 is 5.11 Å². The number of halogens is 1. The van der Waals surface area contributed by atoms with Crippen molar-refractivity contribution in [1.82, 2.24) is 20.2 Å². The topological polar surface area (TPSA) is 63.8 Å². The fourth-order valence-corrected chi connectivity index (χ4v) is 4.55. The molecule has 6 heteroatoms. The lowest BCUT2D eigenvalue weighted by Gasteiger charge is -2.33. The molecule has 0 spiro atoms. The smallest absolute Gasteiger partial charge is 0.163 e. The summed E-state index contributed by atoms with van der Waals surface area (Å²) in [7, 11) is 0. The Labute approximate surface area is 141 Å². The maximum absolute atomic E-state index is 11.3. The van der Waals surface area contributed by atoms with Crippen LogP contribution in [0.25, 0.3) is 5.69 Å². The molecule has 23 heavy (non-hydrogen) atoms. The van der Waals surface area contributed by atoms with Crippen molar-refractivity contribution in [2.45, 2.75) is 24.4 Å². The Bertz CT molecular complexity index is 949. The van der Waals surface area contributed by atoms with Crippen LogP contribution in [0, 0.1) is 0 Å². The van der Waals surface area contributed by atoms with E-state index in [2.05, 4.69) is 43.6 Å². The summed E-state index contributed by atoms with van der Waals surface area (Å²) in [6, 6.07) is 14.2. The summed E-state index contributed by atoms with van der Waals surface area (Å²) in [6.45, 7) is 1.86. The second kappa shape index (κ2) is 4.27. The standard InChI is InChI=1S/C17H13BrN4O/c1-17(23)12-5-3-2-4-10(12)14-11-8-9(18)6-7-13(11)22-16(15(14)17)19-20-21-22/h2-8,14-15,23H,1H3. The van der Waals surface area contributed by atoms with Crippen LogP contribution in [0.1, 0.15) is 41.3 Å². The molecule has 2 heterocycles. The van der Waals surface area contributed by atoms with E-state index in [0.717, 1.165) is 26.9 Å². The lowest BCUT2D eigenvalue weighted by molar-refractivity contribution is 0.0299. The molecular formula is C17H13BrN4O. The Balaban J connectivity index is 1.90. The van der Waals surface area contributed by atoms with E-state index in [-0.39, 0.29) is 11.8 Å². The fraction of sp³-hybridized carbons (Fsp3) is 0.235. The molecule has 1 N–H and O–H groups in total. The van der Waals surface area contributed by atoms with Crippen LogP contribution in [-0.2, 0) is 5.60 Å². The second-order valence-corrected chi connectivity index (χ2v) is 7.26. The molecule has 0 fully saturated rings. The molecule has 5 rings (SSSR count). The summed E-state index contributed by atoms with van der Waals surface area (Å²) in [4.78, 5) is 0. The molecule has 0 radical (unpaired) electrons. The Morgan fingerprint density at radius 2 is 2.00 bits per heavy atom. The lowest BCUT2D eigenvalue weighted by atomic mass is 9.77. The van der Waals surface area contributed by atoms with Gasteiger partial charge in [-0.2, -0.15) is 4.68 Å². The van der Waals surface area contributed by atoms with E-state index in [9.17, 15) is 5.11 Å². The zero-order chi connectivity index (χ0) is 15.8. The van der Waals surface area contributed by atoms with Crippen LogP contribution in [0.2, 0.25) is 0 Å². The van der Waals surface area contributed by atoms with Crippen LogP contribution in [0.4, 0.5) is 0 Å². The van der Waals surface area contributed by atoms with Crippen LogP contribution < -0.4 is 0 Å². The molecule has 0 bridgehead atoms. The highest BCUT2D eigenvalue weighted by Crippen LogP contribution is 2.59. The average Bonchev–Trinajstić information content (AvgIpc) is 3.10. The third kappa shape index (κ3) is 1.57. The predicted octanol–water partition coefficient (Wildman–Crippen LogP) is 2.88. The first-order valence-electron chi connectivity index (χ1n) is 7.49. The molecule has 3 atom stereocenters. The number of aromatic nitrogens is 4. The highest BCUT2D eigenvalue weighted by Gasteiger charge is 2.54. The number of fused-ring (bicyclic) bond motifs is 8. The lowest BCUT2D eigenvalue weighted by Crippen LogP contribution is -2.33. The van der Waals surface area contributed by atoms with Gasteiger partial charge in [0.05, 0.1) is 17.2 Å². The first-order valence-corrected chi connectivity index (χ1v) is 8.28. The SMILES string of the molecule is CC1(O)c2ccccc2C2c3cc(Br)ccc3-n3nnnc3C21. The van der Waals surface area contributed by atoms with Gasteiger partial charge >= 0.3 is 0 Å². The van der Waals surface area contributed by atoms with Crippen LogP contribution in [-0.4, -0.2) is 25.3 Å². The van der Waals surface area contributed by atoms with Gasteiger partial charge in [-0.1, -0.05) is 40.2 Å². The van der Waals surface area contributed by atoms with Gasteiger partial charge in [0.25, 0.3) is 0 Å². The zero-order valence-electron chi connectivity index (χ0n) is 12.3. The largest absolute Gasteiger partial charge is 0.385 e. The number of benzene rings is 2. The molecule has 1 aliphatic heterocycles. The van der Waals surface area contributed by atoms with Gasteiger partial charge < -0.3 is 5.11 Å². The molecule has 3 aromatic rings. The Morgan fingerprint density at radius 1 is 1.17 bits per heavy atom. The quantitative estimate of drug-likeness (QED) is 0.662. The third-order valence-electron chi connectivity index (χ3n) is 5.10. The molecule has 2 aliphatic rings. The summed E-state index contributed by atoms with van der Waals surface area (Å²) in [5.74, 6) is 0.565. The molecule has 1 aliphatic carbocycles.